The van der Waals surface area contributed by atoms with Crippen LogP contribution in [0.2, 0.25) is 0 Å². The summed E-state index contributed by atoms with van der Waals surface area (Å²) in [7, 11) is 0. The fourth-order valence-electron chi connectivity index (χ4n) is 5.79. The van der Waals surface area contributed by atoms with Gasteiger partial charge < -0.3 is 19.1 Å². The Hall–Kier alpha value is -4.05. The van der Waals surface area contributed by atoms with E-state index in [-0.39, 0.29) is 34.4 Å². The number of pyridine rings is 1. The van der Waals surface area contributed by atoms with E-state index in [4.69, 9.17) is 4.42 Å². The van der Waals surface area contributed by atoms with E-state index in [2.05, 4.69) is 0 Å². The predicted octanol–water partition coefficient (Wildman–Crippen LogP) is 2.59. The van der Waals surface area contributed by atoms with Crippen molar-refractivity contribution in [2.75, 3.05) is 13.1 Å². The molecule has 0 radical (unpaired) electrons. The molecule has 4 aromatic rings. The average Bonchev–Trinajstić information content (AvgIpc) is 2.90. The smallest absolute Gasteiger partial charge is 0.315 e. The van der Waals surface area contributed by atoms with Crippen LogP contribution < -0.4 is 16.2 Å². The number of nitrogens with zero attached hydrogens (tertiary/aromatic N) is 2. The Morgan fingerprint density at radius 2 is 1.81 bits per heavy atom. The maximum atomic E-state index is 13.8. The molecule has 2 aromatic heterocycles. The highest BCUT2D eigenvalue weighted by atomic mass is 16.8. The molecule has 37 heavy (non-hydrogen) atoms. The van der Waals surface area contributed by atoms with Crippen molar-refractivity contribution in [3.8, 4) is 11.3 Å². The molecule has 2 N–H and O–H groups in total. The van der Waals surface area contributed by atoms with Crippen LogP contribution in [0, 0.1) is 18.0 Å². The number of piperidine rings is 1. The summed E-state index contributed by atoms with van der Waals surface area (Å²) in [5, 5.41) is 19.9. The van der Waals surface area contributed by atoms with Crippen LogP contribution in [0.3, 0.4) is 0 Å². The SMILES string of the molecule is Cc1c(-c2ccccc2)oc2c(C(=O)N3CC4CC(C3)c3ccc([NH+]([O-])O)c(=O)n3C4)cccc2c1=O. The lowest BCUT2D eigenvalue weighted by Gasteiger charge is -2.42. The number of hydrogen-bond donors (Lipinski definition) is 2. The second-order valence-electron chi connectivity index (χ2n) is 9.84. The topological polar surface area (TPSA) is 120 Å². The molecule has 3 unspecified atom stereocenters. The molecule has 188 valence electrons. The van der Waals surface area contributed by atoms with Crippen molar-refractivity contribution in [1.82, 2.24) is 9.47 Å². The number of fused-ring (bicyclic) bond motifs is 5. The first-order chi connectivity index (χ1) is 17.8. The molecule has 0 spiro atoms. The third-order valence-corrected chi connectivity index (χ3v) is 7.53. The summed E-state index contributed by atoms with van der Waals surface area (Å²) < 4.78 is 7.81. The number of nitrogens with one attached hydrogen (secondary N) is 1. The van der Waals surface area contributed by atoms with Gasteiger partial charge in [0.25, 0.3) is 5.91 Å². The van der Waals surface area contributed by atoms with Crippen molar-refractivity contribution in [3.63, 3.8) is 0 Å². The molecule has 2 aromatic carbocycles. The van der Waals surface area contributed by atoms with Crippen LogP contribution in [0.1, 0.15) is 34.0 Å². The zero-order valence-corrected chi connectivity index (χ0v) is 20.1. The molecule has 0 aliphatic carbocycles. The lowest BCUT2D eigenvalue weighted by molar-refractivity contribution is -0.992. The van der Waals surface area contributed by atoms with Crippen molar-refractivity contribution in [2.45, 2.75) is 25.8 Å². The number of likely N-dealkylation sites (tertiary alicyclic amines) is 1. The van der Waals surface area contributed by atoms with Gasteiger partial charge in [-0.1, -0.05) is 36.4 Å². The summed E-state index contributed by atoms with van der Waals surface area (Å²) in [6.07, 6.45) is 0.817. The quantitative estimate of drug-likeness (QED) is 0.418. The van der Waals surface area contributed by atoms with Gasteiger partial charge >= 0.3 is 5.56 Å². The van der Waals surface area contributed by atoms with E-state index < -0.39 is 10.8 Å². The van der Waals surface area contributed by atoms with Crippen molar-refractivity contribution >= 4 is 22.6 Å². The first kappa shape index (κ1) is 23.4. The normalized spacial score (nSPS) is 19.5. The highest BCUT2D eigenvalue weighted by Crippen LogP contribution is 2.36. The van der Waals surface area contributed by atoms with Gasteiger partial charge in [-0.15, -0.1) is 0 Å². The number of amides is 1. The van der Waals surface area contributed by atoms with Crippen molar-refractivity contribution in [1.29, 1.82) is 0 Å². The Bertz CT molecular complexity index is 1660. The summed E-state index contributed by atoms with van der Waals surface area (Å²) in [6.45, 7) is 2.90. The van der Waals surface area contributed by atoms with Gasteiger partial charge in [-0.2, -0.15) is 5.23 Å². The van der Waals surface area contributed by atoms with Gasteiger partial charge in [0.05, 0.1) is 10.9 Å². The lowest BCUT2D eigenvalue weighted by atomic mass is 9.83. The molecule has 0 saturated carbocycles. The zero-order chi connectivity index (χ0) is 25.8. The fourth-order valence-corrected chi connectivity index (χ4v) is 5.79. The van der Waals surface area contributed by atoms with E-state index in [1.807, 2.05) is 30.3 Å². The van der Waals surface area contributed by atoms with E-state index in [0.717, 1.165) is 17.7 Å². The summed E-state index contributed by atoms with van der Waals surface area (Å²) in [5.74, 6) is 0.137. The van der Waals surface area contributed by atoms with Gasteiger partial charge in [-0.25, -0.2) is 5.21 Å². The number of hydrogen-bond acceptors (Lipinski definition) is 6. The minimum Gasteiger partial charge on any atom is -0.595 e. The van der Waals surface area contributed by atoms with Crippen LogP contribution in [0.4, 0.5) is 5.69 Å². The molecule has 3 atom stereocenters. The van der Waals surface area contributed by atoms with Crippen molar-refractivity contribution in [2.24, 2.45) is 5.92 Å². The number of carbonyl (C=O) groups excluding carboxylic acids is 1. The first-order valence-corrected chi connectivity index (χ1v) is 12.2. The van der Waals surface area contributed by atoms with Gasteiger partial charge in [0, 0.05) is 48.4 Å². The van der Waals surface area contributed by atoms with Crippen molar-refractivity contribution < 1.29 is 19.6 Å². The molecule has 1 amide bonds. The van der Waals surface area contributed by atoms with Crippen LogP contribution in [-0.2, 0) is 6.54 Å². The minimum atomic E-state index is -1.24. The molecule has 6 rings (SSSR count). The van der Waals surface area contributed by atoms with Crippen LogP contribution in [0.25, 0.3) is 22.3 Å². The monoisotopic (exact) mass is 499 g/mol. The maximum absolute atomic E-state index is 13.8. The van der Waals surface area contributed by atoms with Gasteiger partial charge in [0.1, 0.15) is 5.76 Å². The van der Waals surface area contributed by atoms with E-state index >= 15 is 0 Å². The average molecular weight is 500 g/mol. The second-order valence-corrected chi connectivity index (χ2v) is 9.84. The third-order valence-electron chi connectivity index (χ3n) is 7.53. The summed E-state index contributed by atoms with van der Waals surface area (Å²) >= 11 is 0. The molecular weight excluding hydrogens is 474 g/mol. The van der Waals surface area contributed by atoms with Gasteiger partial charge in [-0.3, -0.25) is 14.4 Å². The molecule has 9 heteroatoms. The molecule has 9 nitrogen and oxygen atoms in total. The summed E-state index contributed by atoms with van der Waals surface area (Å²) in [6, 6.07) is 17.4. The van der Waals surface area contributed by atoms with E-state index in [1.165, 1.54) is 6.07 Å². The zero-order valence-electron chi connectivity index (χ0n) is 20.1. The largest absolute Gasteiger partial charge is 0.595 e. The Morgan fingerprint density at radius 3 is 2.57 bits per heavy atom. The van der Waals surface area contributed by atoms with E-state index in [0.29, 0.717) is 41.9 Å². The standard InChI is InChI=1S/C28H25N3O6/c1-16-24(32)20-8-5-9-21(26(20)37-25(16)18-6-3-2-4-7-18)27(33)29-13-17-12-19(15-29)22-10-11-23(31(35)36)28(34)30(22)14-17/h2-11,17,19,31,35H,12-15H2,1H3. The Morgan fingerprint density at radius 1 is 1.03 bits per heavy atom. The first-order valence-electron chi connectivity index (χ1n) is 12.2. The Kier molecular flexibility index (Phi) is 5.56. The Balaban J connectivity index is 1.39. The number of rotatable bonds is 3. The van der Waals surface area contributed by atoms with Crippen molar-refractivity contribution in [3.05, 3.63) is 103 Å². The third kappa shape index (κ3) is 3.79. The number of quaternary nitrogens is 1. The highest BCUT2D eigenvalue weighted by Gasteiger charge is 2.38. The van der Waals surface area contributed by atoms with Crippen LogP contribution in [0.15, 0.2) is 74.7 Å². The number of benzene rings is 2. The number of aromatic nitrogens is 1. The molecule has 2 aliphatic heterocycles. The fraction of sp³-hybridized carbons (Fsp3) is 0.250. The minimum absolute atomic E-state index is 0.0149. The number of para-hydroxylation sites is 1. The van der Waals surface area contributed by atoms with Gasteiger partial charge in [0.2, 0.25) is 5.69 Å². The van der Waals surface area contributed by atoms with E-state index in [1.54, 1.807) is 40.7 Å². The van der Waals surface area contributed by atoms with Gasteiger partial charge in [-0.05, 0) is 37.5 Å². The van der Waals surface area contributed by atoms with Crippen LogP contribution >= 0.6 is 0 Å². The predicted molar refractivity (Wildman–Crippen MR) is 136 cm³/mol. The maximum Gasteiger partial charge on any atom is 0.315 e. The number of carbonyl (C=O) groups is 1. The molecule has 1 fully saturated rings. The van der Waals surface area contributed by atoms with E-state index in [9.17, 15) is 24.8 Å². The summed E-state index contributed by atoms with van der Waals surface area (Å²) in [5.41, 5.74) is 1.66. The lowest BCUT2D eigenvalue weighted by Crippen LogP contribution is -3.00. The molecule has 2 bridgehead atoms. The Labute approximate surface area is 211 Å². The summed E-state index contributed by atoms with van der Waals surface area (Å²) in [4.78, 5) is 41.5. The molecular formula is C28H25N3O6. The molecule has 2 aliphatic rings. The highest BCUT2D eigenvalue weighted by molar-refractivity contribution is 6.05. The molecule has 4 heterocycles. The second kappa shape index (κ2) is 8.81. The van der Waals surface area contributed by atoms with Crippen LogP contribution in [0.5, 0.6) is 0 Å². The van der Waals surface area contributed by atoms with Gasteiger partial charge in [0.15, 0.2) is 11.0 Å². The molecule has 1 saturated heterocycles. The van der Waals surface area contributed by atoms with Crippen LogP contribution in [-0.4, -0.2) is 33.7 Å².